The van der Waals surface area contributed by atoms with Gasteiger partial charge in [-0.3, -0.25) is 14.4 Å². The molecule has 3 rings (SSSR count). The molecule has 1 aromatic rings. The third-order valence-corrected chi connectivity index (χ3v) is 4.75. The number of nitrogens with one attached hydrogen (secondary N) is 1. The van der Waals surface area contributed by atoms with Crippen molar-refractivity contribution < 1.29 is 9.90 Å². The number of carbonyl (C=O) groups is 1. The highest BCUT2D eigenvalue weighted by atomic mass is 16.3. The molecule has 7 heteroatoms. The highest BCUT2D eigenvalue weighted by Gasteiger charge is 2.30. The van der Waals surface area contributed by atoms with Gasteiger partial charge in [-0.2, -0.15) is 5.10 Å². The predicted octanol–water partition coefficient (Wildman–Crippen LogP) is -0.420. The predicted molar refractivity (Wildman–Crippen MR) is 86.9 cm³/mol. The summed E-state index contributed by atoms with van der Waals surface area (Å²) in [5, 5.41) is 16.8. The topological polar surface area (TPSA) is 73.6 Å². The van der Waals surface area contributed by atoms with Gasteiger partial charge in [0.05, 0.1) is 24.9 Å². The highest BCUT2D eigenvalue weighted by molar-refractivity contribution is 5.82. The maximum atomic E-state index is 12.5. The maximum absolute atomic E-state index is 12.5. The number of hydrogen-bond donors (Lipinski definition) is 2. The summed E-state index contributed by atoms with van der Waals surface area (Å²) in [5.41, 5.74) is 2.17. The number of hydrogen-bond acceptors (Lipinski definition) is 5. The van der Waals surface area contributed by atoms with Crippen molar-refractivity contribution in [3.63, 3.8) is 0 Å². The lowest BCUT2D eigenvalue weighted by molar-refractivity contribution is -0.133. The van der Waals surface area contributed by atoms with Crippen LogP contribution in [0.3, 0.4) is 0 Å². The van der Waals surface area contributed by atoms with E-state index in [4.69, 9.17) is 5.11 Å². The number of aliphatic hydroxyl groups is 1. The number of amides is 1. The lowest BCUT2D eigenvalue weighted by Gasteiger charge is -2.34. The second kappa shape index (κ2) is 7.42. The van der Waals surface area contributed by atoms with E-state index in [9.17, 15) is 4.79 Å². The van der Waals surface area contributed by atoms with E-state index in [2.05, 4.69) is 15.3 Å². The SMILES string of the molecule is Cc1nn(CCO)cc1CN1CCN[C@@H](C(=O)N2CCCC2)C1. The molecule has 1 aromatic heterocycles. The van der Waals surface area contributed by atoms with Crippen LogP contribution in [-0.4, -0.2) is 76.0 Å². The third kappa shape index (κ3) is 3.91. The van der Waals surface area contributed by atoms with Gasteiger partial charge >= 0.3 is 0 Å². The summed E-state index contributed by atoms with van der Waals surface area (Å²) < 4.78 is 1.79. The standard InChI is InChI=1S/C16H27N5O2/c1-13-14(11-21(18-13)8-9-22)10-19-7-4-17-15(12-19)16(23)20-5-2-3-6-20/h11,15,17,22H,2-10,12H2,1H3/t15-/m1/s1. The summed E-state index contributed by atoms with van der Waals surface area (Å²) in [4.78, 5) is 16.9. The Labute approximate surface area is 137 Å². The molecule has 0 unspecified atom stereocenters. The van der Waals surface area contributed by atoms with Crippen molar-refractivity contribution in [2.45, 2.75) is 38.9 Å². The van der Waals surface area contributed by atoms with Gasteiger partial charge in [0.25, 0.3) is 0 Å². The van der Waals surface area contributed by atoms with Crippen LogP contribution >= 0.6 is 0 Å². The van der Waals surface area contributed by atoms with Crippen molar-refractivity contribution in [2.24, 2.45) is 0 Å². The van der Waals surface area contributed by atoms with Gasteiger partial charge in [-0.15, -0.1) is 0 Å². The van der Waals surface area contributed by atoms with Crippen molar-refractivity contribution >= 4 is 5.91 Å². The average Bonchev–Trinajstić information content (AvgIpc) is 3.18. The van der Waals surface area contributed by atoms with Crippen molar-refractivity contribution in [2.75, 3.05) is 39.3 Å². The fourth-order valence-corrected chi connectivity index (χ4v) is 3.45. The van der Waals surface area contributed by atoms with Gasteiger partial charge in [-0.25, -0.2) is 0 Å². The van der Waals surface area contributed by atoms with Crippen molar-refractivity contribution in [1.29, 1.82) is 0 Å². The number of aliphatic hydroxyl groups excluding tert-OH is 1. The first-order valence-corrected chi connectivity index (χ1v) is 8.55. The van der Waals surface area contributed by atoms with E-state index >= 15 is 0 Å². The Kier molecular flexibility index (Phi) is 5.30. The number of likely N-dealkylation sites (tertiary alicyclic amines) is 1. The Balaban J connectivity index is 1.59. The first-order chi connectivity index (χ1) is 11.2. The molecular formula is C16H27N5O2. The summed E-state index contributed by atoms with van der Waals surface area (Å²) >= 11 is 0. The molecule has 0 saturated carbocycles. The summed E-state index contributed by atoms with van der Waals surface area (Å²) in [6, 6.07) is -0.0883. The fourth-order valence-electron chi connectivity index (χ4n) is 3.45. The molecule has 1 amide bonds. The molecule has 2 N–H and O–H groups in total. The average molecular weight is 321 g/mol. The molecule has 0 aliphatic carbocycles. The molecule has 3 heterocycles. The van der Waals surface area contributed by atoms with Crippen molar-refractivity contribution in [3.8, 4) is 0 Å². The molecule has 0 aromatic carbocycles. The lowest BCUT2D eigenvalue weighted by atomic mass is 10.1. The summed E-state index contributed by atoms with van der Waals surface area (Å²) in [7, 11) is 0. The van der Waals surface area contributed by atoms with E-state index in [1.165, 1.54) is 5.56 Å². The number of aryl methyl sites for hydroxylation is 1. The molecule has 1 atom stereocenters. The lowest BCUT2D eigenvalue weighted by Crippen LogP contribution is -2.57. The van der Waals surface area contributed by atoms with Crippen LogP contribution in [0.1, 0.15) is 24.1 Å². The number of nitrogens with zero attached hydrogens (tertiary/aromatic N) is 4. The Morgan fingerprint density at radius 3 is 2.91 bits per heavy atom. The van der Waals surface area contributed by atoms with Gasteiger partial charge in [0.2, 0.25) is 5.91 Å². The Morgan fingerprint density at radius 1 is 1.39 bits per heavy atom. The quantitative estimate of drug-likeness (QED) is 0.771. The van der Waals surface area contributed by atoms with Gasteiger partial charge in [0.1, 0.15) is 0 Å². The van der Waals surface area contributed by atoms with Crippen molar-refractivity contribution in [1.82, 2.24) is 24.9 Å². The summed E-state index contributed by atoms with van der Waals surface area (Å²) in [5.74, 6) is 0.250. The summed E-state index contributed by atoms with van der Waals surface area (Å²) in [6.07, 6.45) is 4.27. The molecule has 23 heavy (non-hydrogen) atoms. The molecule has 2 aliphatic rings. The Morgan fingerprint density at radius 2 is 2.17 bits per heavy atom. The summed E-state index contributed by atoms with van der Waals surface area (Å²) in [6.45, 7) is 7.77. The van der Waals surface area contributed by atoms with Gasteiger partial charge in [-0.1, -0.05) is 0 Å². The van der Waals surface area contributed by atoms with Crippen LogP contribution in [0, 0.1) is 6.92 Å². The minimum absolute atomic E-state index is 0.0883. The van der Waals surface area contributed by atoms with E-state index in [0.717, 1.165) is 57.8 Å². The largest absolute Gasteiger partial charge is 0.394 e. The fraction of sp³-hybridized carbons (Fsp3) is 0.750. The van der Waals surface area contributed by atoms with E-state index in [0.29, 0.717) is 6.54 Å². The normalized spacial score (nSPS) is 22.7. The van der Waals surface area contributed by atoms with E-state index in [-0.39, 0.29) is 18.6 Å². The smallest absolute Gasteiger partial charge is 0.241 e. The maximum Gasteiger partial charge on any atom is 0.241 e. The van der Waals surface area contributed by atoms with Crippen molar-refractivity contribution in [3.05, 3.63) is 17.5 Å². The molecule has 0 radical (unpaired) electrons. The Hall–Kier alpha value is -1.44. The zero-order valence-electron chi connectivity index (χ0n) is 13.9. The van der Waals surface area contributed by atoms with E-state index < -0.39 is 0 Å². The number of aromatic nitrogens is 2. The second-order valence-corrected chi connectivity index (χ2v) is 6.50. The zero-order valence-corrected chi connectivity index (χ0v) is 13.9. The molecular weight excluding hydrogens is 294 g/mol. The molecule has 0 spiro atoms. The zero-order chi connectivity index (χ0) is 16.2. The molecule has 7 nitrogen and oxygen atoms in total. The first-order valence-electron chi connectivity index (χ1n) is 8.55. The van der Waals surface area contributed by atoms with Crippen LogP contribution in [0.4, 0.5) is 0 Å². The minimum Gasteiger partial charge on any atom is -0.394 e. The van der Waals surface area contributed by atoms with Gasteiger partial charge in [0.15, 0.2) is 0 Å². The van der Waals surface area contributed by atoms with E-state index in [1.807, 2.05) is 18.0 Å². The Bertz CT molecular complexity index is 539. The second-order valence-electron chi connectivity index (χ2n) is 6.50. The van der Waals surface area contributed by atoms with Crippen LogP contribution in [0.5, 0.6) is 0 Å². The minimum atomic E-state index is -0.0883. The van der Waals surface area contributed by atoms with Crippen LogP contribution in [0.2, 0.25) is 0 Å². The number of carbonyl (C=O) groups excluding carboxylic acids is 1. The third-order valence-electron chi connectivity index (χ3n) is 4.75. The van der Waals surface area contributed by atoms with Crippen LogP contribution in [0.15, 0.2) is 6.20 Å². The van der Waals surface area contributed by atoms with Crippen LogP contribution in [0.25, 0.3) is 0 Å². The van der Waals surface area contributed by atoms with E-state index in [1.54, 1.807) is 4.68 Å². The molecule has 0 bridgehead atoms. The number of rotatable bonds is 5. The molecule has 2 fully saturated rings. The number of piperazine rings is 1. The van der Waals surface area contributed by atoms with Crippen LogP contribution in [-0.2, 0) is 17.9 Å². The highest BCUT2D eigenvalue weighted by Crippen LogP contribution is 2.14. The molecule has 2 saturated heterocycles. The molecule has 2 aliphatic heterocycles. The molecule has 128 valence electrons. The van der Waals surface area contributed by atoms with Crippen LogP contribution < -0.4 is 5.32 Å². The first kappa shape index (κ1) is 16.4. The monoisotopic (exact) mass is 321 g/mol. The van der Waals surface area contributed by atoms with Gasteiger partial charge in [-0.05, 0) is 19.8 Å². The van der Waals surface area contributed by atoms with Gasteiger partial charge in [0, 0.05) is 51.0 Å². The van der Waals surface area contributed by atoms with Gasteiger partial charge < -0.3 is 15.3 Å².